The zero-order valence-corrected chi connectivity index (χ0v) is 16.0. The standard InChI is InChI=1S/C17H21NO.C3H6.C3H4/c1-3-4-5-14-6-8-15(9-7-14)18-16-10-12-17(19-2)13-11-16;2*1-3-2/h3-4,6-10,12,18H,5,11,13H2,1-2H3;3H,1H2,2H3;1H,2H3/b4-3-;;. The van der Waals surface area contributed by atoms with Crippen LogP contribution in [0, 0.1) is 12.3 Å². The lowest BCUT2D eigenvalue weighted by molar-refractivity contribution is 0.276. The molecule has 0 radical (unpaired) electrons. The molecule has 0 saturated carbocycles. The predicted molar refractivity (Wildman–Crippen MR) is 111 cm³/mol. The molecule has 0 bridgehead atoms. The van der Waals surface area contributed by atoms with Crippen LogP contribution in [-0.4, -0.2) is 7.11 Å². The first-order valence-corrected chi connectivity index (χ1v) is 8.50. The average molecular weight is 338 g/mol. The van der Waals surface area contributed by atoms with Crippen LogP contribution in [-0.2, 0) is 11.2 Å². The van der Waals surface area contributed by atoms with Crippen molar-refractivity contribution < 1.29 is 4.74 Å². The van der Waals surface area contributed by atoms with E-state index in [1.807, 2.05) is 19.9 Å². The number of benzene rings is 1. The van der Waals surface area contributed by atoms with E-state index in [0.29, 0.717) is 0 Å². The molecule has 134 valence electrons. The number of anilines is 1. The van der Waals surface area contributed by atoms with E-state index in [1.165, 1.54) is 11.3 Å². The van der Waals surface area contributed by atoms with Crippen molar-refractivity contribution in [1.29, 1.82) is 0 Å². The normalized spacial score (nSPS) is 12.3. The van der Waals surface area contributed by atoms with E-state index in [1.54, 1.807) is 20.1 Å². The second-order valence-corrected chi connectivity index (χ2v) is 5.32. The zero-order valence-electron chi connectivity index (χ0n) is 16.0. The molecule has 0 aliphatic heterocycles. The molecule has 1 aromatic carbocycles. The summed E-state index contributed by atoms with van der Waals surface area (Å²) >= 11 is 0. The lowest BCUT2D eigenvalue weighted by Crippen LogP contribution is -2.04. The molecule has 25 heavy (non-hydrogen) atoms. The average Bonchev–Trinajstić information content (AvgIpc) is 2.63. The van der Waals surface area contributed by atoms with Crippen LogP contribution in [0.5, 0.6) is 0 Å². The van der Waals surface area contributed by atoms with Gasteiger partial charge >= 0.3 is 0 Å². The van der Waals surface area contributed by atoms with E-state index < -0.39 is 0 Å². The van der Waals surface area contributed by atoms with Crippen LogP contribution in [0.2, 0.25) is 0 Å². The smallest absolute Gasteiger partial charge is 0.0959 e. The van der Waals surface area contributed by atoms with Crippen LogP contribution in [0.1, 0.15) is 39.2 Å². The Labute approximate surface area is 154 Å². The van der Waals surface area contributed by atoms with Gasteiger partial charge in [-0.25, -0.2) is 0 Å². The summed E-state index contributed by atoms with van der Waals surface area (Å²) in [5.41, 5.74) is 3.72. The molecule has 0 fully saturated rings. The van der Waals surface area contributed by atoms with Gasteiger partial charge in [0.2, 0.25) is 0 Å². The van der Waals surface area contributed by atoms with E-state index >= 15 is 0 Å². The minimum absolute atomic E-state index is 0.967. The summed E-state index contributed by atoms with van der Waals surface area (Å²) < 4.78 is 5.23. The SMILES string of the molecule is C#CC.C/C=C\Cc1ccc(NC2=CC=C(OC)CC2)cc1.C=CC. The lowest BCUT2D eigenvalue weighted by Gasteiger charge is -2.15. The molecular formula is C23H31NO. The van der Waals surface area contributed by atoms with Gasteiger partial charge < -0.3 is 10.1 Å². The van der Waals surface area contributed by atoms with Crippen molar-refractivity contribution in [1.82, 2.24) is 0 Å². The Morgan fingerprint density at radius 2 is 1.80 bits per heavy atom. The van der Waals surface area contributed by atoms with Gasteiger partial charge in [0.15, 0.2) is 0 Å². The first-order valence-electron chi connectivity index (χ1n) is 8.50. The van der Waals surface area contributed by atoms with Gasteiger partial charge in [-0.05, 0) is 63.5 Å². The maximum absolute atomic E-state index is 5.23. The first-order chi connectivity index (χ1) is 12.1. The third-order valence-corrected chi connectivity index (χ3v) is 3.22. The molecule has 0 heterocycles. The number of rotatable bonds is 5. The highest BCUT2D eigenvalue weighted by Gasteiger charge is 2.06. The summed E-state index contributed by atoms with van der Waals surface area (Å²) in [6.07, 6.45) is 17.7. The van der Waals surface area contributed by atoms with Gasteiger partial charge in [-0.3, -0.25) is 0 Å². The van der Waals surface area contributed by atoms with Crippen LogP contribution in [0.3, 0.4) is 0 Å². The highest BCUT2D eigenvalue weighted by molar-refractivity contribution is 5.50. The van der Waals surface area contributed by atoms with Gasteiger partial charge in [-0.1, -0.05) is 30.4 Å². The maximum Gasteiger partial charge on any atom is 0.0959 e. The molecule has 1 aliphatic rings. The minimum atomic E-state index is 0.967. The summed E-state index contributed by atoms with van der Waals surface area (Å²) in [4.78, 5) is 0. The summed E-state index contributed by atoms with van der Waals surface area (Å²) in [7, 11) is 1.72. The molecule has 0 unspecified atom stereocenters. The highest BCUT2D eigenvalue weighted by atomic mass is 16.5. The molecule has 1 N–H and O–H groups in total. The molecule has 2 rings (SSSR count). The first kappa shape index (κ1) is 22.3. The van der Waals surface area contributed by atoms with E-state index in [4.69, 9.17) is 4.74 Å². The van der Waals surface area contributed by atoms with Gasteiger partial charge in [-0.2, -0.15) is 0 Å². The Bertz CT molecular complexity index is 612. The Morgan fingerprint density at radius 3 is 2.24 bits per heavy atom. The number of hydrogen-bond donors (Lipinski definition) is 1. The van der Waals surface area contributed by atoms with Crippen LogP contribution in [0.25, 0.3) is 0 Å². The Morgan fingerprint density at radius 1 is 1.20 bits per heavy atom. The molecule has 0 saturated heterocycles. The van der Waals surface area contributed by atoms with E-state index in [9.17, 15) is 0 Å². The summed E-state index contributed by atoms with van der Waals surface area (Å²) in [6.45, 7) is 8.95. The van der Waals surface area contributed by atoms with Crippen molar-refractivity contribution in [3.05, 3.63) is 78.2 Å². The Hall–Kier alpha value is -2.66. The van der Waals surface area contributed by atoms with E-state index in [-0.39, 0.29) is 0 Å². The number of nitrogens with one attached hydrogen (secondary N) is 1. The molecule has 2 nitrogen and oxygen atoms in total. The minimum Gasteiger partial charge on any atom is -0.501 e. The van der Waals surface area contributed by atoms with Crippen molar-refractivity contribution in [2.75, 3.05) is 12.4 Å². The van der Waals surface area contributed by atoms with Gasteiger partial charge in [0.1, 0.15) is 0 Å². The fourth-order valence-corrected chi connectivity index (χ4v) is 2.06. The lowest BCUT2D eigenvalue weighted by atomic mass is 10.1. The third-order valence-electron chi connectivity index (χ3n) is 3.22. The Balaban J connectivity index is 0.000000844. The molecular weight excluding hydrogens is 306 g/mol. The topological polar surface area (TPSA) is 21.3 Å². The van der Waals surface area contributed by atoms with Crippen LogP contribution >= 0.6 is 0 Å². The van der Waals surface area contributed by atoms with Gasteiger partial charge in [0.25, 0.3) is 0 Å². The van der Waals surface area contributed by atoms with Gasteiger partial charge in [-0.15, -0.1) is 18.9 Å². The number of methoxy groups -OCH3 is 1. The maximum atomic E-state index is 5.23. The number of allylic oxidation sites excluding steroid dienone is 7. The van der Waals surface area contributed by atoms with E-state index in [2.05, 4.69) is 66.7 Å². The molecule has 0 atom stereocenters. The van der Waals surface area contributed by atoms with Gasteiger partial charge in [0, 0.05) is 17.8 Å². The van der Waals surface area contributed by atoms with Crippen molar-refractivity contribution >= 4 is 5.69 Å². The molecule has 1 aliphatic carbocycles. The largest absolute Gasteiger partial charge is 0.501 e. The van der Waals surface area contributed by atoms with Crippen molar-refractivity contribution in [3.63, 3.8) is 0 Å². The molecule has 1 aromatic rings. The molecule has 2 heteroatoms. The molecule has 0 aromatic heterocycles. The predicted octanol–water partition coefficient (Wildman–Crippen LogP) is 6.26. The summed E-state index contributed by atoms with van der Waals surface area (Å²) in [5, 5.41) is 3.45. The second-order valence-electron chi connectivity index (χ2n) is 5.32. The fourth-order valence-electron chi connectivity index (χ4n) is 2.06. The van der Waals surface area contributed by atoms with Crippen molar-refractivity contribution in [2.45, 2.75) is 40.0 Å². The molecule has 0 spiro atoms. The molecule has 0 amide bonds. The quantitative estimate of drug-likeness (QED) is 0.506. The van der Waals surface area contributed by atoms with Crippen LogP contribution < -0.4 is 5.32 Å². The highest BCUT2D eigenvalue weighted by Crippen LogP contribution is 2.21. The number of ether oxygens (including phenoxy) is 1. The summed E-state index contributed by atoms with van der Waals surface area (Å²) in [5.74, 6) is 3.30. The van der Waals surface area contributed by atoms with Crippen LogP contribution in [0.15, 0.2) is 72.7 Å². The number of terminal acetylenes is 1. The number of hydrogen-bond acceptors (Lipinski definition) is 2. The van der Waals surface area contributed by atoms with Crippen molar-refractivity contribution in [3.8, 4) is 12.3 Å². The van der Waals surface area contributed by atoms with Crippen molar-refractivity contribution in [2.24, 2.45) is 0 Å². The van der Waals surface area contributed by atoms with Crippen LogP contribution in [0.4, 0.5) is 5.69 Å². The van der Waals surface area contributed by atoms with E-state index in [0.717, 1.165) is 30.7 Å². The zero-order chi connectivity index (χ0) is 18.9. The van der Waals surface area contributed by atoms with Gasteiger partial charge in [0.05, 0.1) is 12.9 Å². The third kappa shape index (κ3) is 10.7. The summed E-state index contributed by atoms with van der Waals surface area (Å²) in [6, 6.07) is 8.61. The monoisotopic (exact) mass is 337 g/mol. The fraction of sp³-hybridized carbons (Fsp3) is 0.304. The second kappa shape index (κ2) is 14.9. The Kier molecular flexibility index (Phi) is 13.3.